The van der Waals surface area contributed by atoms with Crippen molar-refractivity contribution in [2.45, 2.75) is 13.8 Å². The predicted molar refractivity (Wildman–Crippen MR) is 75.6 cm³/mol. The van der Waals surface area contributed by atoms with E-state index in [-0.39, 0.29) is 17.2 Å². The summed E-state index contributed by atoms with van der Waals surface area (Å²) in [4.78, 5) is 13.9. The molecule has 0 radical (unpaired) electrons. The van der Waals surface area contributed by atoms with Gasteiger partial charge < -0.3 is 15.7 Å². The number of carbonyl (C=O) groups is 1. The molecule has 19 heavy (non-hydrogen) atoms. The average molecular weight is 284 g/mol. The molecule has 4 nitrogen and oxygen atoms in total. The molecule has 1 amide bonds. The van der Waals surface area contributed by atoms with Gasteiger partial charge in [0.05, 0.1) is 4.99 Å². The van der Waals surface area contributed by atoms with Gasteiger partial charge in [0.25, 0.3) is 5.91 Å². The lowest BCUT2D eigenvalue weighted by Crippen LogP contribution is -2.38. The molecule has 1 aromatic rings. The van der Waals surface area contributed by atoms with Crippen molar-refractivity contribution < 1.29 is 14.3 Å². The smallest absolute Gasteiger partial charge is 0.260 e. The van der Waals surface area contributed by atoms with Gasteiger partial charge in [-0.15, -0.1) is 0 Å². The molecule has 1 rings (SSSR count). The maximum Gasteiger partial charge on any atom is 0.260 e. The summed E-state index contributed by atoms with van der Waals surface area (Å²) in [7, 11) is 0. The van der Waals surface area contributed by atoms with E-state index in [2.05, 4.69) is 0 Å². The number of benzene rings is 1. The topological polar surface area (TPSA) is 66.6 Å². The first kappa shape index (κ1) is 15.4. The molecule has 1 atom stereocenters. The van der Waals surface area contributed by atoms with E-state index < -0.39 is 11.7 Å². The Morgan fingerprint density at radius 1 is 1.58 bits per heavy atom. The van der Waals surface area contributed by atoms with Gasteiger partial charge in [0.2, 0.25) is 0 Å². The first-order valence-electron chi connectivity index (χ1n) is 5.94. The lowest BCUT2D eigenvalue weighted by Gasteiger charge is -2.24. The number of carbonyl (C=O) groups excluding carboxylic acids is 1. The second-order valence-electron chi connectivity index (χ2n) is 4.28. The van der Waals surface area contributed by atoms with Gasteiger partial charge >= 0.3 is 0 Å². The molecule has 0 saturated heterocycles. The first-order chi connectivity index (χ1) is 8.88. The second kappa shape index (κ2) is 6.47. The van der Waals surface area contributed by atoms with Crippen molar-refractivity contribution in [3.8, 4) is 5.75 Å². The minimum absolute atomic E-state index is 0.173. The fraction of sp³-hybridized carbons (Fsp3) is 0.385. The van der Waals surface area contributed by atoms with Crippen molar-refractivity contribution in [1.82, 2.24) is 4.90 Å². The summed E-state index contributed by atoms with van der Waals surface area (Å²) in [5, 5.41) is 9.61. The molecular weight excluding hydrogens is 267 g/mol. The van der Waals surface area contributed by atoms with Gasteiger partial charge in [-0.25, -0.2) is 4.39 Å². The van der Waals surface area contributed by atoms with E-state index >= 15 is 0 Å². The predicted octanol–water partition coefficient (Wildman–Crippen LogP) is 1.92. The Balaban J connectivity index is 2.99. The highest BCUT2D eigenvalue weighted by Crippen LogP contribution is 2.22. The Morgan fingerprint density at radius 3 is 2.68 bits per heavy atom. The molecule has 0 fully saturated rings. The van der Waals surface area contributed by atoms with E-state index in [0.29, 0.717) is 18.1 Å². The van der Waals surface area contributed by atoms with Crippen LogP contribution in [0, 0.1) is 11.7 Å². The molecule has 3 N–H and O–H groups in total. The summed E-state index contributed by atoms with van der Waals surface area (Å²) in [6.07, 6.45) is 0. The van der Waals surface area contributed by atoms with E-state index in [4.69, 9.17) is 18.0 Å². The Kier molecular flexibility index (Phi) is 5.23. The summed E-state index contributed by atoms with van der Waals surface area (Å²) < 4.78 is 13.6. The number of phenolic OH excluding ortho intramolecular Hbond substituents is 1. The van der Waals surface area contributed by atoms with Crippen molar-refractivity contribution in [1.29, 1.82) is 0 Å². The highest BCUT2D eigenvalue weighted by Gasteiger charge is 2.23. The molecule has 0 aliphatic rings. The number of amides is 1. The van der Waals surface area contributed by atoms with Gasteiger partial charge in [0.15, 0.2) is 0 Å². The standard InChI is InChI=1S/C13H17FN2O2S/c1-3-16(7-8(2)12(15)19)13(18)11-9(14)5-4-6-10(11)17/h4-6,8,17H,3,7H2,1-2H3,(H2,15,19). The average Bonchev–Trinajstić information content (AvgIpc) is 2.34. The Morgan fingerprint density at radius 2 is 2.21 bits per heavy atom. The highest BCUT2D eigenvalue weighted by molar-refractivity contribution is 7.80. The number of phenols is 1. The normalized spacial score (nSPS) is 11.9. The van der Waals surface area contributed by atoms with Gasteiger partial charge in [0.1, 0.15) is 17.1 Å². The largest absolute Gasteiger partial charge is 0.507 e. The van der Waals surface area contributed by atoms with Crippen LogP contribution in [0.1, 0.15) is 24.2 Å². The molecule has 0 bridgehead atoms. The Hall–Kier alpha value is -1.69. The first-order valence-corrected chi connectivity index (χ1v) is 6.35. The van der Waals surface area contributed by atoms with Crippen LogP contribution < -0.4 is 5.73 Å². The maximum atomic E-state index is 13.6. The van der Waals surface area contributed by atoms with Crippen LogP contribution in [0.5, 0.6) is 5.75 Å². The minimum atomic E-state index is -0.744. The van der Waals surface area contributed by atoms with Gasteiger partial charge in [0, 0.05) is 19.0 Å². The number of thiocarbonyl (C=S) groups is 1. The van der Waals surface area contributed by atoms with E-state index in [1.807, 2.05) is 0 Å². The summed E-state index contributed by atoms with van der Waals surface area (Å²) in [5.74, 6) is -1.85. The molecule has 6 heteroatoms. The van der Waals surface area contributed by atoms with Crippen LogP contribution >= 0.6 is 12.2 Å². The Bertz CT molecular complexity index is 473. The molecule has 0 spiro atoms. The van der Waals surface area contributed by atoms with E-state index in [1.165, 1.54) is 17.0 Å². The van der Waals surface area contributed by atoms with Crippen molar-refractivity contribution >= 4 is 23.1 Å². The van der Waals surface area contributed by atoms with Crippen molar-refractivity contribution in [3.63, 3.8) is 0 Å². The number of halogens is 1. The molecule has 0 aliphatic carbocycles. The number of hydrogen-bond donors (Lipinski definition) is 2. The quantitative estimate of drug-likeness (QED) is 0.811. The van der Waals surface area contributed by atoms with Crippen molar-refractivity contribution in [2.24, 2.45) is 11.7 Å². The summed E-state index contributed by atoms with van der Waals surface area (Å²) in [6.45, 7) is 4.22. The van der Waals surface area contributed by atoms with E-state index in [0.717, 1.165) is 6.07 Å². The van der Waals surface area contributed by atoms with Crippen molar-refractivity contribution in [3.05, 3.63) is 29.6 Å². The summed E-state index contributed by atoms with van der Waals surface area (Å²) >= 11 is 4.86. The monoisotopic (exact) mass is 284 g/mol. The summed E-state index contributed by atoms with van der Waals surface area (Å²) in [5.41, 5.74) is 5.19. The molecule has 0 saturated carbocycles. The lowest BCUT2D eigenvalue weighted by atomic mass is 10.1. The molecular formula is C13H17FN2O2S. The van der Waals surface area contributed by atoms with Crippen LogP contribution in [-0.4, -0.2) is 34.0 Å². The van der Waals surface area contributed by atoms with Crippen molar-refractivity contribution in [2.75, 3.05) is 13.1 Å². The molecule has 0 aromatic heterocycles. The van der Waals surface area contributed by atoms with Crippen LogP contribution in [0.25, 0.3) is 0 Å². The fourth-order valence-electron chi connectivity index (χ4n) is 1.66. The highest BCUT2D eigenvalue weighted by atomic mass is 32.1. The molecule has 1 unspecified atom stereocenters. The Labute approximate surface area is 117 Å². The van der Waals surface area contributed by atoms with Crippen LogP contribution in [0.4, 0.5) is 4.39 Å². The molecule has 1 aromatic carbocycles. The maximum absolute atomic E-state index is 13.6. The SMILES string of the molecule is CCN(CC(C)C(N)=S)C(=O)c1c(O)cccc1F. The van der Waals surface area contributed by atoms with Gasteiger partial charge in [-0.1, -0.05) is 25.2 Å². The number of nitrogens with zero attached hydrogens (tertiary/aromatic N) is 1. The third-order valence-corrected chi connectivity index (χ3v) is 3.26. The summed E-state index contributed by atoms with van der Waals surface area (Å²) in [6, 6.07) is 3.76. The lowest BCUT2D eigenvalue weighted by molar-refractivity contribution is 0.0747. The number of nitrogens with two attached hydrogens (primary N) is 1. The molecule has 0 heterocycles. The van der Waals surface area contributed by atoms with E-state index in [9.17, 15) is 14.3 Å². The van der Waals surface area contributed by atoms with Crippen LogP contribution in [0.3, 0.4) is 0 Å². The van der Waals surface area contributed by atoms with Gasteiger partial charge in [-0.05, 0) is 19.1 Å². The van der Waals surface area contributed by atoms with Gasteiger partial charge in [-0.3, -0.25) is 4.79 Å². The molecule has 0 aliphatic heterocycles. The van der Waals surface area contributed by atoms with Crippen LogP contribution in [0.15, 0.2) is 18.2 Å². The van der Waals surface area contributed by atoms with Crippen LogP contribution in [0.2, 0.25) is 0 Å². The van der Waals surface area contributed by atoms with Crippen LogP contribution in [-0.2, 0) is 0 Å². The molecule has 104 valence electrons. The number of rotatable bonds is 5. The second-order valence-corrected chi connectivity index (χ2v) is 4.75. The number of aromatic hydroxyl groups is 1. The fourth-order valence-corrected chi connectivity index (χ4v) is 1.73. The zero-order valence-electron chi connectivity index (χ0n) is 10.9. The zero-order valence-corrected chi connectivity index (χ0v) is 11.7. The third-order valence-electron chi connectivity index (χ3n) is 2.85. The number of hydrogen-bond acceptors (Lipinski definition) is 3. The third kappa shape index (κ3) is 3.64. The minimum Gasteiger partial charge on any atom is -0.507 e. The van der Waals surface area contributed by atoms with E-state index in [1.54, 1.807) is 13.8 Å². The zero-order chi connectivity index (χ0) is 14.6. The van der Waals surface area contributed by atoms with Gasteiger partial charge in [-0.2, -0.15) is 0 Å².